The van der Waals surface area contributed by atoms with Crippen molar-refractivity contribution < 1.29 is 8.83 Å². The van der Waals surface area contributed by atoms with Gasteiger partial charge in [-0.15, -0.1) is 0 Å². The second kappa shape index (κ2) is 14.0. The van der Waals surface area contributed by atoms with Crippen LogP contribution in [0, 0.1) is 0 Å². The Labute approximate surface area is 361 Å². The van der Waals surface area contributed by atoms with E-state index in [9.17, 15) is 0 Å². The van der Waals surface area contributed by atoms with E-state index in [1.165, 1.54) is 0 Å². The van der Waals surface area contributed by atoms with Gasteiger partial charge in [0.05, 0.1) is 34.6 Å². The molecule has 6 heterocycles. The minimum atomic E-state index is 0.795. The predicted octanol–water partition coefficient (Wildman–Crippen LogP) is 15.1. The van der Waals surface area contributed by atoms with Crippen molar-refractivity contribution in [3.05, 3.63) is 207 Å². The van der Waals surface area contributed by atoms with Gasteiger partial charge in [0.2, 0.25) is 0 Å². The Bertz CT molecular complexity index is 3930. The van der Waals surface area contributed by atoms with Crippen LogP contribution in [0.25, 0.3) is 127 Å². The number of furan rings is 2. The molecule has 0 radical (unpaired) electrons. The van der Waals surface area contributed by atoms with Gasteiger partial charge in [0, 0.05) is 50.6 Å². The van der Waals surface area contributed by atoms with Crippen molar-refractivity contribution in [2.75, 3.05) is 0 Å². The Morgan fingerprint density at radius 2 is 0.810 bits per heavy atom. The molecule has 0 spiro atoms. The molecule has 6 heteroatoms. The van der Waals surface area contributed by atoms with Crippen molar-refractivity contribution in [3.63, 3.8) is 0 Å². The lowest BCUT2D eigenvalue weighted by atomic mass is 9.96. The van der Waals surface area contributed by atoms with E-state index in [1.54, 1.807) is 12.4 Å². The molecule has 6 nitrogen and oxygen atoms in total. The van der Waals surface area contributed by atoms with Crippen LogP contribution in [0.3, 0.4) is 0 Å². The van der Waals surface area contributed by atoms with Gasteiger partial charge in [-0.2, -0.15) is 0 Å². The third kappa shape index (κ3) is 5.84. The molecule has 0 aliphatic rings. The Balaban J connectivity index is 0.896. The predicted molar refractivity (Wildman–Crippen MR) is 256 cm³/mol. The zero-order valence-electron chi connectivity index (χ0n) is 33.7. The second-order valence-corrected chi connectivity index (χ2v) is 16.1. The fourth-order valence-electron chi connectivity index (χ4n) is 9.31. The molecule has 13 aromatic rings. The Morgan fingerprint density at radius 1 is 0.333 bits per heavy atom. The van der Waals surface area contributed by atoms with Crippen LogP contribution in [-0.4, -0.2) is 19.5 Å². The number of rotatable bonds is 6. The van der Waals surface area contributed by atoms with Gasteiger partial charge in [-0.05, 0) is 136 Å². The van der Waals surface area contributed by atoms with Gasteiger partial charge in [0.15, 0.2) is 11.2 Å². The average molecular weight is 807 g/mol. The van der Waals surface area contributed by atoms with Crippen LogP contribution in [0.15, 0.2) is 216 Å². The molecule has 0 unspecified atom stereocenters. The number of pyridine rings is 3. The van der Waals surface area contributed by atoms with Gasteiger partial charge in [-0.25, -0.2) is 4.98 Å². The molecule has 13 rings (SSSR count). The van der Waals surface area contributed by atoms with Crippen molar-refractivity contribution >= 4 is 65.8 Å². The monoisotopic (exact) mass is 806 g/mol. The number of para-hydroxylation sites is 1. The molecule has 0 amide bonds. The summed E-state index contributed by atoms with van der Waals surface area (Å²) in [6.45, 7) is 0. The zero-order chi connectivity index (χ0) is 41.4. The maximum Gasteiger partial charge on any atom is 0.153 e. The van der Waals surface area contributed by atoms with Crippen molar-refractivity contribution in [2.45, 2.75) is 0 Å². The molecule has 6 aromatic heterocycles. The molecule has 0 aliphatic heterocycles. The smallest absolute Gasteiger partial charge is 0.153 e. The van der Waals surface area contributed by atoms with Crippen LogP contribution in [0.5, 0.6) is 0 Å². The van der Waals surface area contributed by atoms with Gasteiger partial charge in [0.1, 0.15) is 11.2 Å². The first kappa shape index (κ1) is 35.2. The van der Waals surface area contributed by atoms with Crippen LogP contribution in [-0.2, 0) is 0 Å². The number of fused-ring (bicyclic) bond motifs is 9. The third-order valence-electron chi connectivity index (χ3n) is 12.4. The Hall–Kier alpha value is -8.61. The highest BCUT2D eigenvalue weighted by Crippen LogP contribution is 2.39. The summed E-state index contributed by atoms with van der Waals surface area (Å²) in [4.78, 5) is 14.0. The first-order valence-corrected chi connectivity index (χ1v) is 21.0. The largest absolute Gasteiger partial charge is 0.454 e. The average Bonchev–Trinajstić information content (AvgIpc) is 4.03. The van der Waals surface area contributed by atoms with Crippen LogP contribution >= 0.6 is 0 Å². The number of hydrogen-bond donors (Lipinski definition) is 0. The Morgan fingerprint density at radius 3 is 1.38 bits per heavy atom. The minimum Gasteiger partial charge on any atom is -0.454 e. The molecule has 0 N–H and O–H groups in total. The lowest BCUT2D eigenvalue weighted by Gasteiger charge is -2.09. The first-order chi connectivity index (χ1) is 31.2. The maximum absolute atomic E-state index is 6.07. The van der Waals surface area contributed by atoms with Gasteiger partial charge >= 0.3 is 0 Å². The highest BCUT2D eigenvalue weighted by atomic mass is 16.3. The van der Waals surface area contributed by atoms with Crippen LogP contribution in [0.1, 0.15) is 0 Å². The summed E-state index contributed by atoms with van der Waals surface area (Å²) in [7, 11) is 0. The summed E-state index contributed by atoms with van der Waals surface area (Å²) in [6, 6.07) is 64.7. The number of aromatic nitrogens is 4. The van der Waals surface area contributed by atoms with E-state index in [0.717, 1.165) is 127 Å². The summed E-state index contributed by atoms with van der Waals surface area (Å²) >= 11 is 0. The molecular weight excluding hydrogens is 773 g/mol. The SMILES string of the molecule is c1ccc(-n2c3ccc(-c4cccc(-c5ccc6oc7cnccc7c6c5)c4)cc3c3nc(-c4cccc(-c5cccc(-c6ccc7oc8cnccc8c7c6)c5)c4)ccc32)cc1. The summed E-state index contributed by atoms with van der Waals surface area (Å²) in [5, 5.41) is 5.41. The fourth-order valence-corrected chi connectivity index (χ4v) is 9.31. The van der Waals surface area contributed by atoms with E-state index in [-0.39, 0.29) is 0 Å². The van der Waals surface area contributed by atoms with Crippen LogP contribution in [0.4, 0.5) is 0 Å². The molecule has 63 heavy (non-hydrogen) atoms. The van der Waals surface area contributed by atoms with Crippen molar-refractivity contribution in [1.82, 2.24) is 19.5 Å². The van der Waals surface area contributed by atoms with E-state index < -0.39 is 0 Å². The molecule has 0 fully saturated rings. The number of benzene rings is 7. The molecule has 0 aliphatic carbocycles. The van der Waals surface area contributed by atoms with Crippen LogP contribution in [0.2, 0.25) is 0 Å². The molecule has 0 saturated carbocycles. The van der Waals surface area contributed by atoms with Gasteiger partial charge < -0.3 is 13.4 Å². The van der Waals surface area contributed by atoms with E-state index in [2.05, 4.69) is 184 Å². The topological polar surface area (TPSA) is 69.9 Å². The van der Waals surface area contributed by atoms with Gasteiger partial charge in [-0.3, -0.25) is 9.97 Å². The highest BCUT2D eigenvalue weighted by molar-refractivity contribution is 6.10. The molecule has 294 valence electrons. The molecule has 0 saturated heterocycles. The molecule has 0 bridgehead atoms. The first-order valence-electron chi connectivity index (χ1n) is 21.0. The molecular formula is C57H34N4O2. The Kier molecular flexibility index (Phi) is 7.80. The zero-order valence-corrected chi connectivity index (χ0v) is 33.7. The van der Waals surface area contributed by atoms with Crippen molar-refractivity contribution in [1.29, 1.82) is 0 Å². The maximum atomic E-state index is 6.07. The van der Waals surface area contributed by atoms with Gasteiger partial charge in [0.25, 0.3) is 0 Å². The molecule has 7 aromatic carbocycles. The lowest BCUT2D eigenvalue weighted by molar-refractivity contribution is 0.666. The minimum absolute atomic E-state index is 0.795. The van der Waals surface area contributed by atoms with E-state index >= 15 is 0 Å². The van der Waals surface area contributed by atoms with Gasteiger partial charge in [-0.1, -0.05) is 91.0 Å². The normalized spacial score (nSPS) is 11.8. The third-order valence-corrected chi connectivity index (χ3v) is 12.4. The summed E-state index contributed by atoms with van der Waals surface area (Å²) in [6.07, 6.45) is 7.18. The number of nitrogens with zero attached hydrogens (tertiary/aromatic N) is 4. The van der Waals surface area contributed by atoms with E-state index in [1.807, 2.05) is 24.5 Å². The van der Waals surface area contributed by atoms with Crippen molar-refractivity contribution in [2.24, 2.45) is 0 Å². The molecule has 0 atom stereocenters. The summed E-state index contributed by atoms with van der Waals surface area (Å²) < 4.78 is 14.5. The van der Waals surface area contributed by atoms with E-state index in [4.69, 9.17) is 13.8 Å². The fraction of sp³-hybridized carbons (Fsp3) is 0. The lowest BCUT2D eigenvalue weighted by Crippen LogP contribution is -1.93. The second-order valence-electron chi connectivity index (χ2n) is 16.1. The highest BCUT2D eigenvalue weighted by Gasteiger charge is 2.17. The summed E-state index contributed by atoms with van der Waals surface area (Å²) in [5.41, 5.74) is 18.6. The van der Waals surface area contributed by atoms with Crippen LogP contribution < -0.4 is 0 Å². The summed E-state index contributed by atoms with van der Waals surface area (Å²) in [5.74, 6) is 0. The number of hydrogen-bond acceptors (Lipinski definition) is 5. The quantitative estimate of drug-likeness (QED) is 0.167. The van der Waals surface area contributed by atoms with E-state index in [0.29, 0.717) is 0 Å². The van der Waals surface area contributed by atoms with Crippen molar-refractivity contribution in [3.8, 4) is 61.5 Å². The standard InChI is InChI=1S/C57H34N4O2/c1-2-13-44(14-3-1)61-51-19-15-40(36-8-5-10-38(28-36)42-17-22-54-48(31-42)46-24-26-59-34-56(46)63-54)32-49(51)57-52(61)20-18-50(60-57)43-12-6-11-39(29-43)35-7-4-9-37(27-35)41-16-21-53-47(30-41)45-23-25-58-33-55(45)62-53/h1-34H.